The number of aliphatic hydroxyl groups excluding tert-OH is 1. The SMILES string of the molecule is CC=COCC(O)CNCCC[Si](CC)(CC)CC. The normalized spacial score (nSPS) is 13.9. The summed E-state index contributed by atoms with van der Waals surface area (Å²) >= 11 is 0. The van der Waals surface area contributed by atoms with Crippen LogP contribution in [0.25, 0.3) is 0 Å². The average Bonchev–Trinajstić information content (AvgIpc) is 2.44. The van der Waals surface area contributed by atoms with Gasteiger partial charge in [-0.1, -0.05) is 51.0 Å². The molecule has 3 nitrogen and oxygen atoms in total. The van der Waals surface area contributed by atoms with Gasteiger partial charge in [0.05, 0.1) is 14.3 Å². The molecule has 0 aromatic rings. The fraction of sp³-hybridized carbons (Fsp3) is 0.867. The average molecular weight is 288 g/mol. The summed E-state index contributed by atoms with van der Waals surface area (Å²) in [6.07, 6.45) is 4.27. The number of nitrogens with one attached hydrogen (secondary N) is 1. The Labute approximate surface area is 120 Å². The minimum atomic E-state index is -0.957. The third-order valence-electron chi connectivity index (χ3n) is 4.21. The molecule has 0 saturated heterocycles. The van der Waals surface area contributed by atoms with Crippen molar-refractivity contribution < 1.29 is 9.84 Å². The van der Waals surface area contributed by atoms with Crippen molar-refractivity contribution in [1.29, 1.82) is 0 Å². The lowest BCUT2D eigenvalue weighted by Gasteiger charge is -2.28. The molecular weight excluding hydrogens is 254 g/mol. The van der Waals surface area contributed by atoms with E-state index in [4.69, 9.17) is 4.74 Å². The summed E-state index contributed by atoms with van der Waals surface area (Å²) < 4.78 is 5.14. The molecule has 0 aliphatic carbocycles. The Bertz CT molecular complexity index is 222. The first-order valence-corrected chi connectivity index (χ1v) is 10.6. The summed E-state index contributed by atoms with van der Waals surface area (Å²) in [7, 11) is -0.957. The predicted octanol–water partition coefficient (Wildman–Crippen LogP) is 3.39. The van der Waals surface area contributed by atoms with Crippen molar-refractivity contribution in [3.63, 3.8) is 0 Å². The van der Waals surface area contributed by atoms with Crippen LogP contribution < -0.4 is 5.32 Å². The van der Waals surface area contributed by atoms with E-state index < -0.39 is 14.2 Å². The molecule has 0 bridgehead atoms. The monoisotopic (exact) mass is 287 g/mol. The summed E-state index contributed by atoms with van der Waals surface area (Å²) in [5.74, 6) is 0. The Morgan fingerprint density at radius 2 is 1.84 bits per heavy atom. The quantitative estimate of drug-likeness (QED) is 0.328. The molecule has 0 radical (unpaired) electrons. The van der Waals surface area contributed by atoms with Gasteiger partial charge in [0.25, 0.3) is 0 Å². The van der Waals surface area contributed by atoms with Gasteiger partial charge in [-0.05, 0) is 19.9 Å². The largest absolute Gasteiger partial charge is 0.499 e. The number of hydrogen-bond acceptors (Lipinski definition) is 3. The van der Waals surface area contributed by atoms with Crippen LogP contribution in [-0.2, 0) is 4.74 Å². The zero-order valence-corrected chi connectivity index (χ0v) is 14.2. The molecule has 19 heavy (non-hydrogen) atoms. The van der Waals surface area contributed by atoms with Crippen molar-refractivity contribution >= 4 is 8.07 Å². The molecule has 0 heterocycles. The number of rotatable bonds is 12. The molecule has 0 aromatic carbocycles. The second kappa shape index (κ2) is 11.5. The van der Waals surface area contributed by atoms with Gasteiger partial charge < -0.3 is 15.2 Å². The highest BCUT2D eigenvalue weighted by molar-refractivity contribution is 6.79. The predicted molar refractivity (Wildman–Crippen MR) is 86.3 cm³/mol. The topological polar surface area (TPSA) is 41.5 Å². The van der Waals surface area contributed by atoms with Crippen molar-refractivity contribution in [2.45, 2.75) is 64.4 Å². The standard InChI is InChI=1S/C15H33NO2Si/c1-5-11-18-14-15(17)13-16-10-9-12-19(6-2,7-3)8-4/h5,11,15-17H,6-10,12-14H2,1-4H3. The third-order valence-corrected chi connectivity index (χ3v) is 10.1. The smallest absolute Gasteiger partial charge is 0.114 e. The van der Waals surface area contributed by atoms with Crippen LogP contribution in [0.4, 0.5) is 0 Å². The number of hydrogen-bond donors (Lipinski definition) is 2. The van der Waals surface area contributed by atoms with Gasteiger partial charge in [0.1, 0.15) is 12.7 Å². The molecule has 0 saturated carbocycles. The summed E-state index contributed by atoms with van der Waals surface area (Å²) in [5.41, 5.74) is 0. The maximum atomic E-state index is 9.66. The third kappa shape index (κ3) is 8.45. The number of ether oxygens (including phenoxy) is 1. The highest BCUT2D eigenvalue weighted by Gasteiger charge is 2.25. The van der Waals surface area contributed by atoms with Gasteiger partial charge in [0.2, 0.25) is 0 Å². The lowest BCUT2D eigenvalue weighted by Crippen LogP contribution is -2.34. The molecule has 0 aromatic heterocycles. The molecule has 114 valence electrons. The van der Waals surface area contributed by atoms with E-state index in [0.29, 0.717) is 13.2 Å². The minimum absolute atomic E-state index is 0.370. The lowest BCUT2D eigenvalue weighted by atomic mass is 10.3. The van der Waals surface area contributed by atoms with Gasteiger partial charge in [-0.3, -0.25) is 0 Å². The van der Waals surface area contributed by atoms with Gasteiger partial charge in [0.15, 0.2) is 0 Å². The summed E-state index contributed by atoms with van der Waals surface area (Å²) in [4.78, 5) is 0. The van der Waals surface area contributed by atoms with Crippen LogP contribution in [0.1, 0.15) is 34.1 Å². The van der Waals surface area contributed by atoms with Crippen LogP contribution in [-0.4, -0.2) is 39.0 Å². The Balaban J connectivity index is 3.63. The van der Waals surface area contributed by atoms with Crippen LogP contribution in [0.2, 0.25) is 24.2 Å². The fourth-order valence-electron chi connectivity index (χ4n) is 2.46. The van der Waals surface area contributed by atoms with Gasteiger partial charge in [0, 0.05) is 6.54 Å². The van der Waals surface area contributed by atoms with E-state index in [9.17, 15) is 5.11 Å². The Morgan fingerprint density at radius 1 is 1.21 bits per heavy atom. The Morgan fingerprint density at radius 3 is 2.37 bits per heavy atom. The Kier molecular flexibility index (Phi) is 11.3. The molecule has 0 aliphatic heterocycles. The molecule has 0 aliphatic rings. The summed E-state index contributed by atoms with van der Waals surface area (Å²) in [5, 5.41) is 13.0. The van der Waals surface area contributed by atoms with E-state index in [-0.39, 0.29) is 0 Å². The Hall–Kier alpha value is -0.323. The molecule has 0 amide bonds. The maximum absolute atomic E-state index is 9.66. The highest BCUT2D eigenvalue weighted by Crippen LogP contribution is 2.26. The summed E-state index contributed by atoms with van der Waals surface area (Å²) in [6, 6.07) is 5.62. The van der Waals surface area contributed by atoms with Crippen LogP contribution in [0.15, 0.2) is 12.3 Å². The molecule has 0 spiro atoms. The first-order chi connectivity index (χ1) is 9.14. The van der Waals surface area contributed by atoms with Crippen LogP contribution in [0, 0.1) is 0 Å². The van der Waals surface area contributed by atoms with Crippen molar-refractivity contribution in [2.24, 2.45) is 0 Å². The van der Waals surface area contributed by atoms with Crippen LogP contribution >= 0.6 is 0 Å². The molecular formula is C15H33NO2Si. The zero-order valence-electron chi connectivity index (χ0n) is 13.2. The molecule has 1 unspecified atom stereocenters. The highest BCUT2D eigenvalue weighted by atomic mass is 28.3. The first-order valence-electron chi connectivity index (χ1n) is 7.75. The zero-order chi connectivity index (χ0) is 14.6. The molecule has 4 heteroatoms. The van der Waals surface area contributed by atoms with Gasteiger partial charge in [-0.15, -0.1) is 0 Å². The van der Waals surface area contributed by atoms with E-state index >= 15 is 0 Å². The maximum Gasteiger partial charge on any atom is 0.114 e. The first kappa shape index (κ1) is 18.7. The van der Waals surface area contributed by atoms with E-state index in [1.54, 1.807) is 6.26 Å². The van der Waals surface area contributed by atoms with Crippen molar-refractivity contribution in [2.75, 3.05) is 19.7 Å². The molecule has 0 rings (SSSR count). The fourth-order valence-corrected chi connectivity index (χ4v) is 5.95. The van der Waals surface area contributed by atoms with Crippen molar-refractivity contribution in [1.82, 2.24) is 5.32 Å². The number of aliphatic hydroxyl groups is 1. The van der Waals surface area contributed by atoms with E-state index in [2.05, 4.69) is 26.1 Å². The molecule has 0 fully saturated rings. The van der Waals surface area contributed by atoms with Gasteiger partial charge in [-0.2, -0.15) is 0 Å². The number of allylic oxidation sites excluding steroid dienone is 1. The van der Waals surface area contributed by atoms with E-state index in [0.717, 1.165) is 6.54 Å². The second-order valence-electron chi connectivity index (χ2n) is 5.32. The van der Waals surface area contributed by atoms with Gasteiger partial charge >= 0.3 is 0 Å². The van der Waals surface area contributed by atoms with Crippen LogP contribution in [0.5, 0.6) is 0 Å². The molecule has 1 atom stereocenters. The van der Waals surface area contributed by atoms with Crippen molar-refractivity contribution in [3.05, 3.63) is 12.3 Å². The second-order valence-corrected chi connectivity index (χ2v) is 10.9. The summed E-state index contributed by atoms with van der Waals surface area (Å²) in [6.45, 7) is 11.0. The minimum Gasteiger partial charge on any atom is -0.499 e. The van der Waals surface area contributed by atoms with Crippen LogP contribution in [0.3, 0.4) is 0 Å². The van der Waals surface area contributed by atoms with Gasteiger partial charge in [-0.25, -0.2) is 0 Å². The lowest BCUT2D eigenvalue weighted by molar-refractivity contribution is 0.0837. The van der Waals surface area contributed by atoms with Crippen molar-refractivity contribution in [3.8, 4) is 0 Å². The van der Waals surface area contributed by atoms with E-state index in [1.165, 1.54) is 30.6 Å². The van der Waals surface area contributed by atoms with E-state index in [1.807, 2.05) is 13.0 Å². The molecule has 2 N–H and O–H groups in total.